The molecule has 4 rings (SSSR count). The summed E-state index contributed by atoms with van der Waals surface area (Å²) in [4.78, 5) is 34.0. The van der Waals surface area contributed by atoms with E-state index in [2.05, 4.69) is 19.6 Å². The Morgan fingerprint density at radius 2 is 1.27 bits per heavy atom. The zero-order valence-corrected chi connectivity index (χ0v) is 19.5. The van der Waals surface area contributed by atoms with Crippen molar-refractivity contribution < 1.29 is 28.9 Å². The summed E-state index contributed by atoms with van der Waals surface area (Å²) in [7, 11) is 1.32. The van der Waals surface area contributed by atoms with Crippen LogP contribution in [-0.2, 0) is 14.2 Å². The van der Waals surface area contributed by atoms with Crippen LogP contribution in [0.2, 0.25) is 10.3 Å². The zero-order chi connectivity index (χ0) is 23.8. The molecule has 2 fully saturated rings. The number of methoxy groups -OCH3 is 1. The number of hydrogen-bond acceptors (Lipinski definition) is 9. The Bertz CT molecular complexity index is 981. The van der Waals surface area contributed by atoms with E-state index < -0.39 is 11.9 Å². The number of carboxylic acids is 1. The van der Waals surface area contributed by atoms with Crippen molar-refractivity contribution in [3.63, 3.8) is 0 Å². The smallest absolute Gasteiger partial charge is 0.356 e. The van der Waals surface area contributed by atoms with Gasteiger partial charge in [-0.25, -0.2) is 19.6 Å². The lowest BCUT2D eigenvalue weighted by atomic mass is 10.2. The Hall–Kier alpha value is -2.66. The number of carbonyl (C=O) groups is 2. The van der Waals surface area contributed by atoms with Gasteiger partial charge in [0, 0.05) is 37.6 Å². The Kier molecular flexibility index (Phi) is 9.07. The molecule has 0 radical (unpaired) electrons. The van der Waals surface area contributed by atoms with Crippen molar-refractivity contribution in [2.45, 2.75) is 0 Å². The van der Waals surface area contributed by atoms with Crippen LogP contribution in [0.25, 0.3) is 0 Å². The number of morpholine rings is 2. The molecule has 0 unspecified atom stereocenters. The Labute approximate surface area is 201 Å². The molecule has 0 amide bonds. The molecule has 12 heteroatoms. The summed E-state index contributed by atoms with van der Waals surface area (Å²) in [6.07, 6.45) is 0. The lowest BCUT2D eigenvalue weighted by Crippen LogP contribution is -2.36. The molecule has 2 aliphatic rings. The fourth-order valence-electron chi connectivity index (χ4n) is 3.29. The van der Waals surface area contributed by atoms with Gasteiger partial charge in [0.1, 0.15) is 10.3 Å². The van der Waals surface area contributed by atoms with Crippen molar-refractivity contribution in [3.8, 4) is 0 Å². The first-order chi connectivity index (χ1) is 15.9. The van der Waals surface area contributed by atoms with Crippen molar-refractivity contribution in [1.82, 2.24) is 9.97 Å². The normalized spacial score (nSPS) is 16.0. The van der Waals surface area contributed by atoms with E-state index in [0.29, 0.717) is 26.4 Å². The van der Waals surface area contributed by atoms with Crippen molar-refractivity contribution >= 4 is 46.5 Å². The first-order valence-corrected chi connectivity index (χ1v) is 10.9. The van der Waals surface area contributed by atoms with E-state index >= 15 is 0 Å². The van der Waals surface area contributed by atoms with Crippen LogP contribution < -0.4 is 9.80 Å². The number of hydrogen-bond donors (Lipinski definition) is 1. The van der Waals surface area contributed by atoms with Gasteiger partial charge < -0.3 is 29.1 Å². The van der Waals surface area contributed by atoms with E-state index in [1.807, 2.05) is 4.90 Å². The highest BCUT2D eigenvalue weighted by molar-refractivity contribution is 6.30. The predicted octanol–water partition coefficient (Wildman–Crippen LogP) is 2.63. The highest BCUT2D eigenvalue weighted by Crippen LogP contribution is 2.22. The number of carboxylic acid groups (broad SMARTS) is 1. The van der Waals surface area contributed by atoms with Crippen LogP contribution in [-0.4, -0.2) is 86.7 Å². The van der Waals surface area contributed by atoms with Gasteiger partial charge >= 0.3 is 11.9 Å². The van der Waals surface area contributed by atoms with Gasteiger partial charge in [0.25, 0.3) is 0 Å². The number of anilines is 2. The van der Waals surface area contributed by atoms with E-state index in [1.165, 1.54) is 13.2 Å². The van der Waals surface area contributed by atoms with Gasteiger partial charge in [0.15, 0.2) is 11.4 Å². The molecule has 33 heavy (non-hydrogen) atoms. The van der Waals surface area contributed by atoms with E-state index in [4.69, 9.17) is 37.8 Å². The number of esters is 1. The molecule has 0 bridgehead atoms. The van der Waals surface area contributed by atoms with Crippen LogP contribution in [0.15, 0.2) is 24.3 Å². The standard InChI is InChI=1S/C11H13ClN2O3.C10H11ClN2O3/c1-16-11(15)9-6-8(7-10(12)13-9)14-2-4-17-5-3-14;11-9-6-7(5-8(12-9)10(14)15)13-1-3-16-4-2-13/h6-7H,2-5H2,1H3;5-6H,1-4H2,(H,14,15). The average molecular weight is 499 g/mol. The first-order valence-electron chi connectivity index (χ1n) is 10.2. The quantitative estimate of drug-likeness (QED) is 0.498. The molecule has 1 N–H and O–H groups in total. The maximum Gasteiger partial charge on any atom is 0.356 e. The molecule has 2 aliphatic heterocycles. The SMILES string of the molecule is COC(=O)c1cc(N2CCOCC2)cc(Cl)n1.O=C(O)c1cc(N2CCOCC2)cc(Cl)n1. The van der Waals surface area contributed by atoms with Crippen LogP contribution in [0.3, 0.4) is 0 Å². The number of ether oxygens (including phenoxy) is 3. The van der Waals surface area contributed by atoms with Gasteiger partial charge in [0.2, 0.25) is 0 Å². The molecule has 0 spiro atoms. The number of pyridine rings is 2. The number of rotatable bonds is 4. The van der Waals surface area contributed by atoms with Gasteiger partial charge in [-0.1, -0.05) is 23.2 Å². The fraction of sp³-hybridized carbons (Fsp3) is 0.429. The van der Waals surface area contributed by atoms with Gasteiger partial charge in [-0.2, -0.15) is 0 Å². The summed E-state index contributed by atoms with van der Waals surface area (Å²) in [5, 5.41) is 9.35. The average Bonchev–Trinajstić information content (AvgIpc) is 2.84. The van der Waals surface area contributed by atoms with Gasteiger partial charge in [-0.3, -0.25) is 0 Å². The van der Waals surface area contributed by atoms with Crippen molar-refractivity contribution in [3.05, 3.63) is 46.0 Å². The number of nitrogens with zero attached hydrogens (tertiary/aromatic N) is 4. The minimum absolute atomic E-state index is 0.0333. The molecule has 10 nitrogen and oxygen atoms in total. The van der Waals surface area contributed by atoms with Crippen LogP contribution in [0, 0.1) is 0 Å². The fourth-order valence-corrected chi connectivity index (χ4v) is 3.70. The molecule has 2 aromatic rings. The first kappa shape index (κ1) is 25.0. The van der Waals surface area contributed by atoms with Crippen molar-refractivity contribution in [2.75, 3.05) is 69.5 Å². The molecule has 0 saturated carbocycles. The number of aromatic nitrogens is 2. The van der Waals surface area contributed by atoms with Crippen LogP contribution in [0.5, 0.6) is 0 Å². The summed E-state index contributed by atoms with van der Waals surface area (Å²) in [5.41, 5.74) is 1.84. The maximum atomic E-state index is 11.4. The molecule has 4 heterocycles. The lowest BCUT2D eigenvalue weighted by Gasteiger charge is -2.29. The third-order valence-electron chi connectivity index (χ3n) is 4.92. The van der Waals surface area contributed by atoms with Gasteiger partial charge in [0.05, 0.1) is 33.5 Å². The summed E-state index contributed by atoms with van der Waals surface area (Å²) in [5.74, 6) is -1.56. The molecule has 2 saturated heterocycles. The largest absolute Gasteiger partial charge is 0.477 e. The molecule has 0 aliphatic carbocycles. The molecular weight excluding hydrogens is 475 g/mol. The minimum Gasteiger partial charge on any atom is -0.477 e. The summed E-state index contributed by atoms with van der Waals surface area (Å²) < 4.78 is 15.1. The topological polar surface area (TPSA) is 114 Å². The summed E-state index contributed by atoms with van der Waals surface area (Å²) in [6, 6.07) is 6.61. The van der Waals surface area contributed by atoms with Crippen LogP contribution in [0.1, 0.15) is 21.0 Å². The van der Waals surface area contributed by atoms with E-state index in [1.54, 1.807) is 18.2 Å². The summed E-state index contributed by atoms with van der Waals surface area (Å²) in [6.45, 7) is 5.66. The van der Waals surface area contributed by atoms with E-state index in [9.17, 15) is 9.59 Å². The maximum absolute atomic E-state index is 11.4. The molecule has 0 aromatic carbocycles. The lowest BCUT2D eigenvalue weighted by molar-refractivity contribution is 0.0593. The van der Waals surface area contributed by atoms with Crippen LogP contribution >= 0.6 is 23.2 Å². The third kappa shape index (κ3) is 7.16. The predicted molar refractivity (Wildman–Crippen MR) is 123 cm³/mol. The highest BCUT2D eigenvalue weighted by Gasteiger charge is 2.17. The third-order valence-corrected chi connectivity index (χ3v) is 5.31. The molecular formula is C21H24Cl2N4O6. The van der Waals surface area contributed by atoms with Crippen LogP contribution in [0.4, 0.5) is 11.4 Å². The summed E-state index contributed by atoms with van der Waals surface area (Å²) >= 11 is 11.7. The molecule has 178 valence electrons. The number of aromatic carboxylic acids is 1. The zero-order valence-electron chi connectivity index (χ0n) is 18.0. The Morgan fingerprint density at radius 3 is 1.70 bits per heavy atom. The van der Waals surface area contributed by atoms with Gasteiger partial charge in [-0.05, 0) is 24.3 Å². The number of carbonyl (C=O) groups excluding carboxylic acids is 1. The second-order valence-electron chi connectivity index (χ2n) is 7.06. The van der Waals surface area contributed by atoms with Gasteiger partial charge in [-0.15, -0.1) is 0 Å². The monoisotopic (exact) mass is 498 g/mol. The molecule has 2 aromatic heterocycles. The molecule has 0 atom stereocenters. The number of halogens is 2. The van der Waals surface area contributed by atoms with E-state index in [0.717, 1.165) is 37.6 Å². The second kappa shape index (κ2) is 12.0. The van der Waals surface area contributed by atoms with Crippen molar-refractivity contribution in [1.29, 1.82) is 0 Å². The van der Waals surface area contributed by atoms with E-state index in [-0.39, 0.29) is 21.7 Å². The Balaban J connectivity index is 0.000000186. The minimum atomic E-state index is -1.07. The van der Waals surface area contributed by atoms with Crippen molar-refractivity contribution in [2.24, 2.45) is 0 Å². The highest BCUT2D eigenvalue weighted by atomic mass is 35.5. The Morgan fingerprint density at radius 1 is 0.848 bits per heavy atom. The second-order valence-corrected chi connectivity index (χ2v) is 7.84.